The molecular weight excluding hydrogens is 502 g/mol. The van der Waals surface area contributed by atoms with Crippen LogP contribution in [0.4, 0.5) is 32.0 Å². The number of pyridine rings is 1. The molecule has 0 aliphatic carbocycles. The van der Waals surface area contributed by atoms with E-state index in [4.69, 9.17) is 24.3 Å². The van der Waals surface area contributed by atoms with Crippen molar-refractivity contribution < 1.29 is 50.7 Å². The van der Waals surface area contributed by atoms with Crippen LogP contribution in [0.5, 0.6) is 0 Å². The second kappa shape index (κ2) is 13.7. The van der Waals surface area contributed by atoms with Crippen LogP contribution in [-0.2, 0) is 16.0 Å². The van der Waals surface area contributed by atoms with Crippen LogP contribution >= 0.6 is 0 Å². The van der Waals surface area contributed by atoms with E-state index in [0.29, 0.717) is 0 Å². The Morgan fingerprint density at radius 2 is 1.53 bits per heavy atom. The lowest BCUT2D eigenvalue weighted by Gasteiger charge is -2.23. The number of nitrogens with zero attached hydrogens (tertiary/aromatic N) is 4. The Hall–Kier alpha value is -3.36. The van der Waals surface area contributed by atoms with E-state index in [-0.39, 0.29) is 0 Å². The number of carbonyl (C=O) groups is 2. The maximum Gasteiger partial charge on any atom is 0.490 e. The van der Waals surface area contributed by atoms with Crippen molar-refractivity contribution in [3.05, 3.63) is 41.5 Å². The lowest BCUT2D eigenvalue weighted by Crippen LogP contribution is -2.32. The number of hydrogen-bond acceptors (Lipinski definition) is 7. The van der Waals surface area contributed by atoms with Crippen molar-refractivity contribution in [2.24, 2.45) is 0 Å². The van der Waals surface area contributed by atoms with Gasteiger partial charge in [-0.05, 0) is 38.9 Å². The highest BCUT2D eigenvalue weighted by atomic mass is 19.4. The molecule has 0 bridgehead atoms. The number of anilines is 1. The van der Waals surface area contributed by atoms with E-state index in [2.05, 4.69) is 32.1 Å². The van der Waals surface area contributed by atoms with E-state index in [9.17, 15) is 26.3 Å². The molecule has 2 aromatic heterocycles. The molecule has 0 saturated carbocycles. The second-order valence-corrected chi connectivity index (χ2v) is 7.63. The van der Waals surface area contributed by atoms with Gasteiger partial charge >= 0.3 is 24.3 Å². The van der Waals surface area contributed by atoms with Crippen LogP contribution in [0.1, 0.15) is 23.6 Å². The van der Waals surface area contributed by atoms with Gasteiger partial charge in [0.25, 0.3) is 0 Å². The fourth-order valence-corrected chi connectivity index (χ4v) is 2.98. The maximum atomic E-state index is 10.6. The topological polar surface area (TPSA) is 120 Å². The lowest BCUT2D eigenvalue weighted by molar-refractivity contribution is -0.193. The number of rotatable bonds is 4. The molecule has 1 aliphatic heterocycles. The van der Waals surface area contributed by atoms with Gasteiger partial charge in [-0.25, -0.2) is 9.59 Å². The summed E-state index contributed by atoms with van der Waals surface area (Å²) in [4.78, 5) is 27.1. The monoisotopic (exact) mass is 528 g/mol. The van der Waals surface area contributed by atoms with Crippen molar-refractivity contribution in [1.29, 1.82) is 0 Å². The first-order valence-corrected chi connectivity index (χ1v) is 10.5. The van der Waals surface area contributed by atoms with Gasteiger partial charge in [0.1, 0.15) is 5.76 Å². The van der Waals surface area contributed by atoms with Crippen LogP contribution in [0.2, 0.25) is 0 Å². The molecular formula is C21H26F6N4O5. The first kappa shape index (κ1) is 30.7. The average Bonchev–Trinajstić information content (AvgIpc) is 3.03. The molecule has 1 saturated heterocycles. The quantitative estimate of drug-likeness (QED) is 0.573. The van der Waals surface area contributed by atoms with E-state index in [0.717, 1.165) is 56.3 Å². The highest BCUT2D eigenvalue weighted by Gasteiger charge is 2.38. The highest BCUT2D eigenvalue weighted by Crippen LogP contribution is 2.17. The Balaban J connectivity index is 0.000000383. The fraction of sp³-hybridized carbons (Fsp3) is 0.524. The molecule has 0 spiro atoms. The van der Waals surface area contributed by atoms with Gasteiger partial charge in [-0.2, -0.15) is 26.3 Å². The van der Waals surface area contributed by atoms with Crippen LogP contribution in [0.3, 0.4) is 0 Å². The molecule has 0 aromatic carbocycles. The molecule has 36 heavy (non-hydrogen) atoms. The summed E-state index contributed by atoms with van der Waals surface area (Å²) in [5.41, 5.74) is 3.34. The number of hydrogen-bond donors (Lipinski definition) is 2. The van der Waals surface area contributed by atoms with Gasteiger partial charge in [-0.1, -0.05) is 5.16 Å². The zero-order chi connectivity index (χ0) is 27.5. The Kier molecular flexibility index (Phi) is 11.6. The van der Waals surface area contributed by atoms with Crippen molar-refractivity contribution in [2.75, 3.05) is 37.6 Å². The highest BCUT2D eigenvalue weighted by molar-refractivity contribution is 5.73. The Morgan fingerprint density at radius 1 is 0.944 bits per heavy atom. The standard InChI is InChI=1S/C17H24N4O.2C2HF3O2/c1-14-12-16(4-6-18-14)21-8-3-7-20(10-11-21)9-5-17-13-15(2)19-22-17;2*3-2(4,5)1(6)7/h4,6,12-13H,3,5,7-11H2,1-2H3;2*(H,6,7). The second-order valence-electron chi connectivity index (χ2n) is 7.63. The predicted molar refractivity (Wildman–Crippen MR) is 115 cm³/mol. The van der Waals surface area contributed by atoms with Crippen molar-refractivity contribution in [3.8, 4) is 0 Å². The average molecular weight is 528 g/mol. The molecule has 0 amide bonds. The minimum absolute atomic E-state index is 0.940. The molecule has 0 radical (unpaired) electrons. The number of halogens is 6. The molecule has 9 nitrogen and oxygen atoms in total. The molecule has 1 aliphatic rings. The lowest BCUT2D eigenvalue weighted by atomic mass is 10.3. The van der Waals surface area contributed by atoms with Crippen molar-refractivity contribution in [2.45, 2.75) is 39.0 Å². The van der Waals surface area contributed by atoms with Crippen molar-refractivity contribution in [3.63, 3.8) is 0 Å². The van der Waals surface area contributed by atoms with E-state index >= 15 is 0 Å². The summed E-state index contributed by atoms with van der Waals surface area (Å²) in [7, 11) is 0. The smallest absolute Gasteiger partial charge is 0.475 e. The SMILES string of the molecule is Cc1cc(N2CCCN(CCc3cc(C)no3)CC2)ccn1.O=C(O)C(F)(F)F.O=C(O)C(F)(F)F. The zero-order valence-electron chi connectivity index (χ0n) is 19.4. The predicted octanol–water partition coefficient (Wildman–Crippen LogP) is 3.71. The fourth-order valence-electron chi connectivity index (χ4n) is 2.98. The molecule has 3 rings (SSSR count). The van der Waals surface area contributed by atoms with Gasteiger partial charge in [0, 0.05) is 56.2 Å². The number of aromatic nitrogens is 2. The van der Waals surface area contributed by atoms with Crippen LogP contribution in [0, 0.1) is 13.8 Å². The van der Waals surface area contributed by atoms with Crippen LogP contribution in [0.25, 0.3) is 0 Å². The first-order chi connectivity index (χ1) is 16.6. The van der Waals surface area contributed by atoms with E-state index in [1.165, 1.54) is 12.1 Å². The summed E-state index contributed by atoms with van der Waals surface area (Å²) in [6.45, 7) is 9.47. The van der Waals surface area contributed by atoms with Gasteiger partial charge in [0.15, 0.2) is 0 Å². The third-order valence-corrected chi connectivity index (χ3v) is 4.67. The van der Waals surface area contributed by atoms with Gasteiger partial charge in [0.05, 0.1) is 5.69 Å². The largest absolute Gasteiger partial charge is 0.490 e. The van der Waals surface area contributed by atoms with E-state index in [1.54, 1.807) is 0 Å². The van der Waals surface area contributed by atoms with E-state index in [1.807, 2.05) is 26.1 Å². The van der Waals surface area contributed by atoms with E-state index < -0.39 is 24.3 Å². The number of aryl methyl sites for hydroxylation is 2. The minimum Gasteiger partial charge on any atom is -0.475 e. The number of alkyl halides is 6. The van der Waals surface area contributed by atoms with Gasteiger partial charge in [0.2, 0.25) is 0 Å². The molecule has 0 atom stereocenters. The summed E-state index contributed by atoms with van der Waals surface area (Å²) in [5.74, 6) is -4.52. The Bertz CT molecular complexity index is 956. The summed E-state index contributed by atoms with van der Waals surface area (Å²) in [5, 5.41) is 18.2. The summed E-state index contributed by atoms with van der Waals surface area (Å²) < 4.78 is 68.8. The van der Waals surface area contributed by atoms with Crippen molar-refractivity contribution >= 4 is 17.6 Å². The summed E-state index contributed by atoms with van der Waals surface area (Å²) in [6, 6.07) is 6.32. The number of aliphatic carboxylic acids is 2. The number of carboxylic acid groups (broad SMARTS) is 2. The minimum atomic E-state index is -5.08. The van der Waals surface area contributed by atoms with Gasteiger partial charge in [-0.3, -0.25) is 4.98 Å². The summed E-state index contributed by atoms with van der Waals surface area (Å²) >= 11 is 0. The molecule has 15 heteroatoms. The maximum absolute atomic E-state index is 10.6. The molecule has 3 heterocycles. The zero-order valence-corrected chi connectivity index (χ0v) is 19.4. The van der Waals surface area contributed by atoms with Crippen LogP contribution in [-0.4, -0.2) is 82.3 Å². The molecule has 1 fully saturated rings. The summed E-state index contributed by atoms with van der Waals surface area (Å²) in [6.07, 6.45) is -6.13. The van der Waals surface area contributed by atoms with Crippen LogP contribution in [0.15, 0.2) is 28.9 Å². The van der Waals surface area contributed by atoms with Crippen molar-refractivity contribution in [1.82, 2.24) is 15.0 Å². The molecule has 202 valence electrons. The third-order valence-electron chi connectivity index (χ3n) is 4.67. The molecule has 2 N–H and O–H groups in total. The van der Waals surface area contributed by atoms with Crippen LogP contribution < -0.4 is 4.90 Å². The first-order valence-electron chi connectivity index (χ1n) is 10.5. The van der Waals surface area contributed by atoms with Gasteiger partial charge in [-0.15, -0.1) is 0 Å². The number of carboxylic acids is 2. The molecule has 0 unspecified atom stereocenters. The third kappa shape index (κ3) is 11.9. The Labute approximate surface area is 202 Å². The van der Waals surface area contributed by atoms with Gasteiger partial charge < -0.3 is 24.5 Å². The molecule has 2 aromatic rings. The normalized spacial score (nSPS) is 14.6. The Morgan fingerprint density at radius 3 is 2.00 bits per heavy atom.